The van der Waals surface area contributed by atoms with Gasteiger partial charge in [0, 0.05) is 12.0 Å². The molecule has 0 spiro atoms. The summed E-state index contributed by atoms with van der Waals surface area (Å²) in [6.45, 7) is 0.654. The molecule has 0 radical (unpaired) electrons. The lowest BCUT2D eigenvalue weighted by molar-refractivity contribution is 0.351. The molecule has 2 aromatic carbocycles. The second-order valence-corrected chi connectivity index (χ2v) is 5.71. The Morgan fingerprint density at radius 1 is 1.19 bits per heavy atom. The lowest BCUT2D eigenvalue weighted by Gasteiger charge is -2.21. The summed E-state index contributed by atoms with van der Waals surface area (Å²) in [5, 5.41) is 3.15. The predicted octanol–water partition coefficient (Wildman–Crippen LogP) is 3.97. The van der Waals surface area contributed by atoms with Crippen LogP contribution in [0.1, 0.15) is 22.7 Å². The van der Waals surface area contributed by atoms with E-state index in [0.29, 0.717) is 12.2 Å². The average molecular weight is 354 g/mol. The van der Waals surface area contributed by atoms with Gasteiger partial charge in [0.1, 0.15) is 5.75 Å². The van der Waals surface area contributed by atoms with E-state index in [0.717, 1.165) is 29.4 Å². The first-order valence-corrected chi connectivity index (χ1v) is 7.48. The summed E-state index contributed by atoms with van der Waals surface area (Å²) in [5.41, 5.74) is 2.71. The van der Waals surface area contributed by atoms with Crippen molar-refractivity contribution in [3.8, 4) is 5.75 Å². The smallest absolute Gasteiger partial charge is 0.173 e. The van der Waals surface area contributed by atoms with Crippen molar-refractivity contribution in [2.75, 3.05) is 13.7 Å². The van der Waals surface area contributed by atoms with Gasteiger partial charge in [0.2, 0.25) is 0 Å². The highest BCUT2D eigenvalue weighted by atomic mass is 79.9. The number of ether oxygens (including phenoxy) is 1. The van der Waals surface area contributed by atoms with Crippen LogP contribution in [0.3, 0.4) is 0 Å². The van der Waals surface area contributed by atoms with Gasteiger partial charge in [-0.1, -0.05) is 24.3 Å². The molecular weight excluding hydrogens is 340 g/mol. The number of nitrogens with one attached hydrogen (secondary N) is 1. The molecular formula is C16H14BrF2NO. The van der Waals surface area contributed by atoms with Crippen LogP contribution in [-0.2, 0) is 6.42 Å². The van der Waals surface area contributed by atoms with Crippen LogP contribution >= 0.6 is 15.9 Å². The van der Waals surface area contributed by atoms with E-state index in [1.54, 1.807) is 13.1 Å². The fourth-order valence-corrected chi connectivity index (χ4v) is 3.26. The molecule has 2 aromatic rings. The quantitative estimate of drug-likeness (QED) is 0.843. The number of hydrogen-bond acceptors (Lipinski definition) is 2. The van der Waals surface area contributed by atoms with Gasteiger partial charge < -0.3 is 10.1 Å². The maximum absolute atomic E-state index is 13.8. The van der Waals surface area contributed by atoms with Gasteiger partial charge in [-0.3, -0.25) is 0 Å². The third kappa shape index (κ3) is 2.45. The van der Waals surface area contributed by atoms with Gasteiger partial charge in [0.05, 0.1) is 17.1 Å². The first-order chi connectivity index (χ1) is 10.1. The van der Waals surface area contributed by atoms with E-state index in [2.05, 4.69) is 21.2 Å². The van der Waals surface area contributed by atoms with Crippen LogP contribution in [0.15, 0.2) is 34.8 Å². The zero-order valence-electron chi connectivity index (χ0n) is 11.4. The zero-order valence-corrected chi connectivity index (χ0v) is 13.0. The number of fused-ring (bicyclic) bond motifs is 1. The highest BCUT2D eigenvalue weighted by Crippen LogP contribution is 2.38. The molecule has 3 rings (SSSR count). The lowest BCUT2D eigenvalue weighted by atomic mass is 9.96. The van der Waals surface area contributed by atoms with Crippen molar-refractivity contribution in [1.82, 2.24) is 5.32 Å². The van der Waals surface area contributed by atoms with Gasteiger partial charge in [-0.2, -0.15) is 0 Å². The van der Waals surface area contributed by atoms with Crippen molar-refractivity contribution < 1.29 is 13.5 Å². The maximum Gasteiger partial charge on any atom is 0.173 e. The molecule has 1 heterocycles. The van der Waals surface area contributed by atoms with Crippen LogP contribution in [0.2, 0.25) is 0 Å². The van der Waals surface area contributed by atoms with Crippen LogP contribution < -0.4 is 10.1 Å². The standard InChI is InChI=1S/C16H14BrF2NO/c1-20-15(10-5-6-12(18)14(19)13(10)17)11-4-2-3-9-7-8-21-16(9)11/h2-6,15,20H,7-8H2,1H3. The molecule has 1 N–H and O–H groups in total. The average Bonchev–Trinajstić information content (AvgIpc) is 2.97. The van der Waals surface area contributed by atoms with E-state index in [1.165, 1.54) is 0 Å². The predicted molar refractivity (Wildman–Crippen MR) is 80.6 cm³/mol. The first kappa shape index (κ1) is 14.5. The van der Waals surface area contributed by atoms with E-state index in [9.17, 15) is 8.78 Å². The summed E-state index contributed by atoms with van der Waals surface area (Å²) < 4.78 is 32.9. The third-order valence-electron chi connectivity index (χ3n) is 3.72. The molecule has 0 saturated carbocycles. The maximum atomic E-state index is 13.8. The molecule has 5 heteroatoms. The molecule has 21 heavy (non-hydrogen) atoms. The Labute approximate surface area is 130 Å². The molecule has 2 nitrogen and oxygen atoms in total. The lowest BCUT2D eigenvalue weighted by Crippen LogP contribution is -2.19. The second kappa shape index (κ2) is 5.73. The fourth-order valence-electron chi connectivity index (χ4n) is 2.71. The Balaban J connectivity index is 2.12. The number of rotatable bonds is 3. The fraction of sp³-hybridized carbons (Fsp3) is 0.250. The van der Waals surface area contributed by atoms with Crippen molar-refractivity contribution in [3.05, 3.63) is 63.1 Å². The van der Waals surface area contributed by atoms with Gasteiger partial charge >= 0.3 is 0 Å². The van der Waals surface area contributed by atoms with E-state index in [4.69, 9.17) is 4.74 Å². The normalized spacial score (nSPS) is 14.7. The second-order valence-electron chi connectivity index (χ2n) is 4.92. The van der Waals surface area contributed by atoms with Crippen molar-refractivity contribution in [2.45, 2.75) is 12.5 Å². The SMILES string of the molecule is CNC(c1ccc(F)c(F)c1Br)c1cccc2c1OCC2. The molecule has 0 aliphatic carbocycles. The third-order valence-corrected chi connectivity index (χ3v) is 4.53. The molecule has 0 saturated heterocycles. The number of para-hydroxylation sites is 1. The van der Waals surface area contributed by atoms with Crippen LogP contribution in [-0.4, -0.2) is 13.7 Å². The Morgan fingerprint density at radius 3 is 2.76 bits per heavy atom. The van der Waals surface area contributed by atoms with Gasteiger partial charge in [0.25, 0.3) is 0 Å². The topological polar surface area (TPSA) is 21.3 Å². The van der Waals surface area contributed by atoms with Gasteiger partial charge in [-0.15, -0.1) is 0 Å². The monoisotopic (exact) mass is 353 g/mol. The van der Waals surface area contributed by atoms with Gasteiger partial charge in [0.15, 0.2) is 11.6 Å². The molecule has 1 aliphatic heterocycles. The summed E-state index contributed by atoms with van der Waals surface area (Å²) in [6.07, 6.45) is 0.874. The van der Waals surface area contributed by atoms with Crippen molar-refractivity contribution in [3.63, 3.8) is 0 Å². The van der Waals surface area contributed by atoms with Crippen LogP contribution in [0.4, 0.5) is 8.78 Å². The van der Waals surface area contributed by atoms with Gasteiger partial charge in [-0.05, 0) is 40.2 Å². The highest BCUT2D eigenvalue weighted by Gasteiger charge is 2.25. The Kier molecular flexibility index (Phi) is 3.95. The largest absolute Gasteiger partial charge is 0.493 e. The minimum Gasteiger partial charge on any atom is -0.493 e. The minimum atomic E-state index is -0.874. The zero-order chi connectivity index (χ0) is 15.0. The number of benzene rings is 2. The minimum absolute atomic E-state index is 0.137. The summed E-state index contributed by atoms with van der Waals surface area (Å²) >= 11 is 3.15. The van der Waals surface area contributed by atoms with E-state index >= 15 is 0 Å². The molecule has 1 atom stereocenters. The molecule has 0 bridgehead atoms. The van der Waals surface area contributed by atoms with E-state index < -0.39 is 11.6 Å². The van der Waals surface area contributed by atoms with Gasteiger partial charge in [-0.25, -0.2) is 8.78 Å². The van der Waals surface area contributed by atoms with Crippen LogP contribution in [0.25, 0.3) is 0 Å². The Morgan fingerprint density at radius 2 is 2.00 bits per heavy atom. The Hall–Kier alpha value is -1.46. The first-order valence-electron chi connectivity index (χ1n) is 6.68. The van der Waals surface area contributed by atoms with E-state index in [1.807, 2.05) is 18.2 Å². The molecule has 110 valence electrons. The van der Waals surface area contributed by atoms with Crippen molar-refractivity contribution in [2.24, 2.45) is 0 Å². The van der Waals surface area contributed by atoms with E-state index in [-0.39, 0.29) is 10.5 Å². The van der Waals surface area contributed by atoms with Crippen molar-refractivity contribution >= 4 is 15.9 Å². The van der Waals surface area contributed by atoms with Crippen LogP contribution in [0.5, 0.6) is 5.75 Å². The summed E-state index contributed by atoms with van der Waals surface area (Å²) in [7, 11) is 1.78. The number of halogens is 3. The molecule has 1 unspecified atom stereocenters. The van der Waals surface area contributed by atoms with Crippen molar-refractivity contribution in [1.29, 1.82) is 0 Å². The molecule has 0 amide bonds. The summed E-state index contributed by atoms with van der Waals surface area (Å²) in [5.74, 6) is -0.898. The summed E-state index contributed by atoms with van der Waals surface area (Å²) in [6, 6.07) is 8.38. The molecule has 1 aliphatic rings. The highest BCUT2D eigenvalue weighted by molar-refractivity contribution is 9.10. The van der Waals surface area contributed by atoms with Crippen LogP contribution in [0, 0.1) is 11.6 Å². The Bertz CT molecular complexity index is 690. The number of hydrogen-bond donors (Lipinski definition) is 1. The summed E-state index contributed by atoms with van der Waals surface area (Å²) in [4.78, 5) is 0. The molecule has 0 aromatic heterocycles. The molecule has 0 fully saturated rings.